The Labute approximate surface area is 79.7 Å². The Balaban J connectivity index is 2.90. The van der Waals surface area contributed by atoms with E-state index in [4.69, 9.17) is 23.2 Å². The summed E-state index contributed by atoms with van der Waals surface area (Å²) in [5, 5.41) is 8.94. The van der Waals surface area contributed by atoms with E-state index in [1.54, 1.807) is 19.1 Å². The second-order valence-corrected chi connectivity index (χ2v) is 2.92. The van der Waals surface area contributed by atoms with Crippen LogP contribution < -0.4 is 5.43 Å². The maximum absolute atomic E-state index is 5.66. The maximum atomic E-state index is 5.66. The van der Waals surface area contributed by atoms with E-state index in [2.05, 4.69) is 20.6 Å². The number of hydrogen-bond acceptors (Lipinski definition) is 5. The molecule has 0 unspecified atom stereocenters. The van der Waals surface area contributed by atoms with Crippen molar-refractivity contribution in [3.63, 3.8) is 0 Å². The van der Waals surface area contributed by atoms with Crippen LogP contribution in [-0.2, 0) is 0 Å². The molecule has 1 rings (SSSR count). The van der Waals surface area contributed by atoms with Crippen LogP contribution in [0, 0.1) is 0 Å². The van der Waals surface area contributed by atoms with Crippen molar-refractivity contribution in [1.29, 1.82) is 0 Å². The van der Waals surface area contributed by atoms with Crippen LogP contribution in [0.4, 0.5) is 5.82 Å². The molecule has 1 aromatic rings. The number of rotatable bonds is 2. The molecule has 0 aliphatic rings. The van der Waals surface area contributed by atoms with Crippen molar-refractivity contribution in [2.24, 2.45) is 0 Å². The lowest BCUT2D eigenvalue weighted by molar-refractivity contribution is 0.491. The van der Waals surface area contributed by atoms with Crippen LogP contribution in [-0.4, -0.2) is 34.3 Å². The van der Waals surface area contributed by atoms with Gasteiger partial charge in [0.1, 0.15) is 0 Å². The number of nitrogens with zero attached hydrogens (tertiary/aromatic N) is 4. The zero-order valence-electron chi connectivity index (χ0n) is 6.54. The highest BCUT2D eigenvalue weighted by Crippen LogP contribution is 2.16. The smallest absolute Gasteiger partial charge is 0.245 e. The summed E-state index contributed by atoms with van der Waals surface area (Å²) >= 11 is 11.2. The van der Waals surface area contributed by atoms with Crippen LogP contribution in [0.2, 0.25) is 10.4 Å². The van der Waals surface area contributed by atoms with Gasteiger partial charge in [-0.2, -0.15) is 4.98 Å². The third-order valence-electron chi connectivity index (χ3n) is 0.949. The van der Waals surface area contributed by atoms with E-state index in [0.29, 0.717) is 5.82 Å². The fraction of sp³-hybridized carbons (Fsp3) is 0.400. The third kappa shape index (κ3) is 2.44. The Morgan fingerprint density at radius 1 is 1.25 bits per heavy atom. The monoisotopic (exact) mass is 207 g/mol. The SMILES string of the molecule is CN(C)Nc1nc(Cl)nnc1Cl. The molecule has 1 aromatic heterocycles. The summed E-state index contributed by atoms with van der Waals surface area (Å²) in [7, 11) is 3.60. The van der Waals surface area contributed by atoms with E-state index in [0.717, 1.165) is 0 Å². The average molecular weight is 208 g/mol. The molecule has 0 saturated carbocycles. The van der Waals surface area contributed by atoms with Crippen LogP contribution in [0.1, 0.15) is 0 Å². The van der Waals surface area contributed by atoms with Gasteiger partial charge in [-0.05, 0) is 11.6 Å². The molecule has 1 heterocycles. The number of hydrogen-bond donors (Lipinski definition) is 1. The van der Waals surface area contributed by atoms with Crippen molar-refractivity contribution >= 4 is 29.0 Å². The van der Waals surface area contributed by atoms with Crippen molar-refractivity contribution in [2.45, 2.75) is 0 Å². The molecule has 0 radical (unpaired) electrons. The van der Waals surface area contributed by atoms with Crippen molar-refractivity contribution in [3.05, 3.63) is 10.4 Å². The number of aromatic nitrogens is 3. The summed E-state index contributed by atoms with van der Waals surface area (Å²) in [6.07, 6.45) is 0. The van der Waals surface area contributed by atoms with Crippen molar-refractivity contribution in [2.75, 3.05) is 19.5 Å². The Bertz CT molecular complexity index is 277. The summed E-state index contributed by atoms with van der Waals surface area (Å²) in [6, 6.07) is 0. The molecule has 0 saturated heterocycles. The third-order valence-corrected chi connectivity index (χ3v) is 1.36. The zero-order valence-corrected chi connectivity index (χ0v) is 8.06. The van der Waals surface area contributed by atoms with E-state index in [-0.39, 0.29) is 10.4 Å². The van der Waals surface area contributed by atoms with Gasteiger partial charge in [-0.15, -0.1) is 10.2 Å². The summed E-state index contributed by atoms with van der Waals surface area (Å²) < 4.78 is 0. The van der Waals surface area contributed by atoms with Gasteiger partial charge < -0.3 is 5.43 Å². The Kier molecular flexibility index (Phi) is 3.02. The topological polar surface area (TPSA) is 53.9 Å². The minimum atomic E-state index is 0.0590. The summed E-state index contributed by atoms with van der Waals surface area (Å²) in [5.74, 6) is 0.390. The number of halogens is 2. The fourth-order valence-corrected chi connectivity index (χ4v) is 0.821. The van der Waals surface area contributed by atoms with Gasteiger partial charge in [0.05, 0.1) is 0 Å². The lowest BCUT2D eigenvalue weighted by atomic mass is 10.7. The van der Waals surface area contributed by atoms with Crippen LogP contribution in [0.25, 0.3) is 0 Å². The molecular formula is C5H7Cl2N5. The molecule has 5 nitrogen and oxygen atoms in total. The first-order valence-corrected chi connectivity index (χ1v) is 3.85. The van der Waals surface area contributed by atoms with Gasteiger partial charge in [0.15, 0.2) is 11.0 Å². The molecule has 0 aliphatic heterocycles. The quantitative estimate of drug-likeness (QED) is 0.736. The fourth-order valence-electron chi connectivity index (χ4n) is 0.576. The average Bonchev–Trinajstić information content (AvgIpc) is 1.96. The molecule has 1 N–H and O–H groups in total. The minimum Gasteiger partial charge on any atom is -0.301 e. The van der Waals surface area contributed by atoms with E-state index >= 15 is 0 Å². The van der Waals surface area contributed by atoms with E-state index in [9.17, 15) is 0 Å². The Morgan fingerprint density at radius 2 is 1.92 bits per heavy atom. The predicted octanol–water partition coefficient (Wildman–Crippen LogP) is 1.07. The first kappa shape index (κ1) is 9.44. The van der Waals surface area contributed by atoms with E-state index < -0.39 is 0 Å². The molecule has 66 valence electrons. The Morgan fingerprint density at radius 3 is 2.50 bits per heavy atom. The van der Waals surface area contributed by atoms with Gasteiger partial charge in [0.2, 0.25) is 5.28 Å². The van der Waals surface area contributed by atoms with Crippen LogP contribution >= 0.6 is 23.2 Å². The molecule has 7 heteroatoms. The lowest BCUT2D eigenvalue weighted by Crippen LogP contribution is -2.21. The van der Waals surface area contributed by atoms with Crippen molar-refractivity contribution in [3.8, 4) is 0 Å². The molecule has 0 spiro atoms. The maximum Gasteiger partial charge on any atom is 0.245 e. The summed E-state index contributed by atoms with van der Waals surface area (Å²) in [4.78, 5) is 3.82. The molecule has 0 aromatic carbocycles. The Hall–Kier alpha value is -0.650. The number of nitrogens with one attached hydrogen (secondary N) is 1. The molecular weight excluding hydrogens is 201 g/mol. The highest BCUT2D eigenvalue weighted by molar-refractivity contribution is 6.32. The second-order valence-electron chi connectivity index (χ2n) is 2.23. The first-order valence-electron chi connectivity index (χ1n) is 3.09. The zero-order chi connectivity index (χ0) is 9.14. The minimum absolute atomic E-state index is 0.0590. The van der Waals surface area contributed by atoms with E-state index in [1.807, 2.05) is 0 Å². The molecule has 0 atom stereocenters. The van der Waals surface area contributed by atoms with Crippen LogP contribution in [0.3, 0.4) is 0 Å². The largest absolute Gasteiger partial charge is 0.301 e. The van der Waals surface area contributed by atoms with Gasteiger partial charge in [-0.1, -0.05) is 11.6 Å². The molecule has 0 aliphatic carbocycles. The normalized spacial score (nSPS) is 10.4. The van der Waals surface area contributed by atoms with Gasteiger partial charge >= 0.3 is 0 Å². The molecule has 12 heavy (non-hydrogen) atoms. The molecule has 0 amide bonds. The van der Waals surface area contributed by atoms with Crippen LogP contribution in [0.15, 0.2) is 0 Å². The number of anilines is 1. The highest BCUT2D eigenvalue weighted by Gasteiger charge is 2.05. The van der Waals surface area contributed by atoms with Crippen molar-refractivity contribution in [1.82, 2.24) is 20.2 Å². The van der Waals surface area contributed by atoms with E-state index in [1.165, 1.54) is 0 Å². The molecule has 0 fully saturated rings. The van der Waals surface area contributed by atoms with Crippen molar-refractivity contribution < 1.29 is 0 Å². The lowest BCUT2D eigenvalue weighted by Gasteiger charge is -2.12. The van der Waals surface area contributed by atoms with Gasteiger partial charge in [0, 0.05) is 14.1 Å². The summed E-state index contributed by atoms with van der Waals surface area (Å²) in [5.41, 5.74) is 2.82. The van der Waals surface area contributed by atoms with Gasteiger partial charge in [-0.25, -0.2) is 5.01 Å². The predicted molar refractivity (Wildman–Crippen MR) is 47.2 cm³/mol. The highest BCUT2D eigenvalue weighted by atomic mass is 35.5. The number of hydrazine groups is 1. The standard InChI is InChI=1S/C5H7Cl2N5/c1-12(2)11-4-3(6)9-10-5(7)8-4/h1-2H3,(H,8,10,11). The van der Waals surface area contributed by atoms with Gasteiger partial charge in [-0.3, -0.25) is 0 Å². The second kappa shape index (κ2) is 3.84. The van der Waals surface area contributed by atoms with Gasteiger partial charge in [0.25, 0.3) is 0 Å². The summed E-state index contributed by atoms with van der Waals surface area (Å²) in [6.45, 7) is 0. The molecule has 0 bridgehead atoms. The first-order chi connectivity index (χ1) is 5.59. The van der Waals surface area contributed by atoms with Crippen LogP contribution in [0.5, 0.6) is 0 Å².